The minimum absolute atomic E-state index is 0.198. The van der Waals surface area contributed by atoms with Crippen molar-refractivity contribution in [1.29, 1.82) is 0 Å². The van der Waals surface area contributed by atoms with Crippen LogP contribution in [-0.4, -0.2) is 68.0 Å². The Hall–Kier alpha value is -2.45. The molecule has 1 aromatic carbocycles. The van der Waals surface area contributed by atoms with Gasteiger partial charge in [-0.15, -0.1) is 0 Å². The molecule has 2 aromatic rings. The van der Waals surface area contributed by atoms with Gasteiger partial charge in [0.1, 0.15) is 6.04 Å². The van der Waals surface area contributed by atoms with Gasteiger partial charge in [0.15, 0.2) is 5.76 Å². The maximum atomic E-state index is 12.8. The Morgan fingerprint density at radius 2 is 1.86 bits per heavy atom. The first kappa shape index (κ1) is 21.3. The van der Waals surface area contributed by atoms with E-state index in [2.05, 4.69) is 27.5 Å². The molecule has 1 atom stereocenters. The highest BCUT2D eigenvalue weighted by Crippen LogP contribution is 2.19. The minimum Gasteiger partial charge on any atom is -0.459 e. The summed E-state index contributed by atoms with van der Waals surface area (Å²) >= 11 is 1.63. The summed E-state index contributed by atoms with van der Waals surface area (Å²) in [5.74, 6) is 0.343. The molecule has 0 spiro atoms. The van der Waals surface area contributed by atoms with E-state index in [1.807, 2.05) is 30.5 Å². The number of anilines is 2. The summed E-state index contributed by atoms with van der Waals surface area (Å²) < 4.78 is 5.12. The van der Waals surface area contributed by atoms with Gasteiger partial charge < -0.3 is 24.9 Å². The molecule has 1 unspecified atom stereocenters. The second-order valence-electron chi connectivity index (χ2n) is 7.11. The third-order valence-electron chi connectivity index (χ3n) is 4.98. The highest BCUT2D eigenvalue weighted by Gasteiger charge is 2.22. The van der Waals surface area contributed by atoms with Crippen LogP contribution in [0.5, 0.6) is 0 Å². The number of hydrogen-bond donors (Lipinski definition) is 2. The van der Waals surface area contributed by atoms with Crippen molar-refractivity contribution in [2.75, 3.05) is 55.5 Å². The number of hydrogen-bond acceptors (Lipinski definition) is 6. The molecule has 0 bridgehead atoms. The smallest absolute Gasteiger partial charge is 0.287 e. The maximum Gasteiger partial charge on any atom is 0.287 e. The Labute approximate surface area is 175 Å². The van der Waals surface area contributed by atoms with Crippen LogP contribution in [0.15, 0.2) is 47.1 Å². The van der Waals surface area contributed by atoms with Crippen LogP contribution in [0.25, 0.3) is 0 Å². The lowest BCUT2D eigenvalue weighted by Crippen LogP contribution is -2.44. The van der Waals surface area contributed by atoms with E-state index in [-0.39, 0.29) is 17.6 Å². The predicted molar refractivity (Wildman–Crippen MR) is 118 cm³/mol. The number of thioether (sulfide) groups is 1. The van der Waals surface area contributed by atoms with Gasteiger partial charge in [-0.2, -0.15) is 11.8 Å². The number of carbonyl (C=O) groups is 2. The number of rotatable bonds is 8. The number of carbonyl (C=O) groups excluding carboxylic acids is 2. The van der Waals surface area contributed by atoms with E-state index in [9.17, 15) is 9.59 Å². The Morgan fingerprint density at radius 1 is 1.14 bits per heavy atom. The first-order valence-corrected chi connectivity index (χ1v) is 11.1. The predicted octanol–water partition coefficient (Wildman–Crippen LogP) is 2.52. The van der Waals surface area contributed by atoms with Gasteiger partial charge >= 0.3 is 0 Å². The molecule has 2 amide bonds. The number of benzene rings is 1. The number of piperazine rings is 1. The molecule has 1 saturated heterocycles. The number of furan rings is 1. The van der Waals surface area contributed by atoms with Crippen LogP contribution < -0.4 is 15.5 Å². The average molecular weight is 417 g/mol. The fourth-order valence-corrected chi connectivity index (χ4v) is 3.66. The fraction of sp³-hybridized carbons (Fsp3) is 0.429. The van der Waals surface area contributed by atoms with Gasteiger partial charge in [0.05, 0.1) is 6.26 Å². The lowest BCUT2D eigenvalue weighted by molar-refractivity contribution is -0.118. The Balaban J connectivity index is 1.60. The first-order chi connectivity index (χ1) is 14.1. The summed E-state index contributed by atoms with van der Waals surface area (Å²) in [6.07, 6.45) is 3.95. The van der Waals surface area contributed by atoms with E-state index in [4.69, 9.17) is 4.42 Å². The molecular formula is C21H28N4O3S. The number of nitrogens with one attached hydrogen (secondary N) is 2. The van der Waals surface area contributed by atoms with Gasteiger partial charge in [-0.05, 0) is 61.9 Å². The van der Waals surface area contributed by atoms with E-state index in [1.165, 1.54) is 6.26 Å². The normalized spacial score (nSPS) is 15.7. The van der Waals surface area contributed by atoms with E-state index in [0.29, 0.717) is 12.1 Å². The van der Waals surface area contributed by atoms with Crippen molar-refractivity contribution in [3.8, 4) is 0 Å². The highest BCUT2D eigenvalue weighted by atomic mass is 32.2. The minimum atomic E-state index is -0.627. The van der Waals surface area contributed by atoms with Gasteiger partial charge in [-0.3, -0.25) is 9.59 Å². The molecule has 3 rings (SSSR count). The lowest BCUT2D eigenvalue weighted by Gasteiger charge is -2.34. The van der Waals surface area contributed by atoms with Crippen LogP contribution in [-0.2, 0) is 4.79 Å². The molecule has 0 saturated carbocycles. The van der Waals surface area contributed by atoms with E-state index >= 15 is 0 Å². The van der Waals surface area contributed by atoms with Crippen molar-refractivity contribution < 1.29 is 14.0 Å². The molecule has 156 valence electrons. The molecule has 8 heteroatoms. The monoisotopic (exact) mass is 416 g/mol. The van der Waals surface area contributed by atoms with Crippen molar-refractivity contribution in [2.45, 2.75) is 12.5 Å². The van der Waals surface area contributed by atoms with Crippen molar-refractivity contribution in [2.24, 2.45) is 0 Å². The number of likely N-dealkylation sites (N-methyl/N-ethyl adjacent to an activating group) is 1. The zero-order chi connectivity index (χ0) is 20.6. The molecular weight excluding hydrogens is 388 g/mol. The number of amides is 2. The van der Waals surface area contributed by atoms with Crippen LogP contribution in [0.1, 0.15) is 17.0 Å². The Kier molecular flexibility index (Phi) is 7.60. The molecule has 0 aliphatic carbocycles. The molecule has 1 fully saturated rings. The molecule has 1 aliphatic heterocycles. The molecule has 1 aromatic heterocycles. The second-order valence-corrected chi connectivity index (χ2v) is 8.10. The quantitative estimate of drug-likeness (QED) is 0.689. The third-order valence-corrected chi connectivity index (χ3v) is 5.62. The Morgan fingerprint density at radius 3 is 2.48 bits per heavy atom. The molecule has 2 heterocycles. The molecule has 2 N–H and O–H groups in total. The van der Waals surface area contributed by atoms with Crippen molar-refractivity contribution in [3.05, 3.63) is 48.4 Å². The number of nitrogens with zero attached hydrogens (tertiary/aromatic N) is 2. The molecule has 7 nitrogen and oxygen atoms in total. The van der Waals surface area contributed by atoms with Crippen LogP contribution in [0, 0.1) is 0 Å². The summed E-state index contributed by atoms with van der Waals surface area (Å²) in [6, 6.07) is 10.5. The van der Waals surface area contributed by atoms with Crippen LogP contribution >= 0.6 is 11.8 Å². The van der Waals surface area contributed by atoms with Crippen LogP contribution in [0.4, 0.5) is 11.4 Å². The van der Waals surface area contributed by atoms with Crippen LogP contribution in [0.2, 0.25) is 0 Å². The van der Waals surface area contributed by atoms with Gasteiger partial charge in [-0.1, -0.05) is 0 Å². The van der Waals surface area contributed by atoms with E-state index in [0.717, 1.165) is 37.6 Å². The zero-order valence-corrected chi connectivity index (χ0v) is 17.7. The molecule has 0 radical (unpaired) electrons. The topological polar surface area (TPSA) is 77.8 Å². The summed E-state index contributed by atoms with van der Waals surface area (Å²) in [7, 11) is 2.13. The van der Waals surface area contributed by atoms with Gasteiger partial charge in [0.2, 0.25) is 5.91 Å². The zero-order valence-electron chi connectivity index (χ0n) is 16.9. The third kappa shape index (κ3) is 6.01. The average Bonchev–Trinajstić information content (AvgIpc) is 3.27. The largest absolute Gasteiger partial charge is 0.459 e. The van der Waals surface area contributed by atoms with Crippen LogP contribution in [0.3, 0.4) is 0 Å². The van der Waals surface area contributed by atoms with Gasteiger partial charge in [0, 0.05) is 37.6 Å². The SMILES string of the molecule is CSCCC(NC(=O)c1ccco1)C(=O)Nc1ccc(N2CCN(C)CC2)cc1. The maximum absolute atomic E-state index is 12.8. The summed E-state index contributed by atoms with van der Waals surface area (Å²) in [6.45, 7) is 4.09. The van der Waals surface area contributed by atoms with Gasteiger partial charge in [-0.25, -0.2) is 0 Å². The first-order valence-electron chi connectivity index (χ1n) is 9.74. The lowest BCUT2D eigenvalue weighted by atomic mass is 10.2. The highest BCUT2D eigenvalue weighted by molar-refractivity contribution is 7.98. The van der Waals surface area contributed by atoms with Crippen molar-refractivity contribution in [1.82, 2.24) is 10.2 Å². The standard InChI is InChI=1S/C21H28N4O3S/c1-24-10-12-25(13-11-24)17-7-5-16(6-8-17)22-20(26)18(9-15-29-2)23-21(27)19-4-3-14-28-19/h3-8,14,18H,9-13,15H2,1-2H3,(H,22,26)(H,23,27). The summed E-state index contributed by atoms with van der Waals surface area (Å²) in [5.41, 5.74) is 1.87. The van der Waals surface area contributed by atoms with Crippen molar-refractivity contribution in [3.63, 3.8) is 0 Å². The van der Waals surface area contributed by atoms with Crippen molar-refractivity contribution >= 4 is 35.0 Å². The van der Waals surface area contributed by atoms with Gasteiger partial charge in [0.25, 0.3) is 5.91 Å². The second kappa shape index (κ2) is 10.4. The van der Waals surface area contributed by atoms with E-state index in [1.54, 1.807) is 23.9 Å². The Bertz CT molecular complexity index is 787. The molecule has 1 aliphatic rings. The summed E-state index contributed by atoms with van der Waals surface area (Å²) in [5, 5.41) is 5.69. The summed E-state index contributed by atoms with van der Waals surface area (Å²) in [4.78, 5) is 29.7. The fourth-order valence-electron chi connectivity index (χ4n) is 3.19. The van der Waals surface area contributed by atoms with E-state index < -0.39 is 6.04 Å². The molecule has 29 heavy (non-hydrogen) atoms.